The van der Waals surface area contributed by atoms with Gasteiger partial charge >= 0.3 is 5.97 Å². The van der Waals surface area contributed by atoms with Crippen LogP contribution in [0.2, 0.25) is 0 Å². The highest BCUT2D eigenvalue weighted by molar-refractivity contribution is 6.03. The molecule has 2 N–H and O–H groups in total. The molecule has 1 heterocycles. The fraction of sp³-hybridized carbons (Fsp3) is 0.0952. The Hall–Kier alpha value is -3.67. The summed E-state index contributed by atoms with van der Waals surface area (Å²) in [6, 6.07) is 17.8. The quantitative estimate of drug-likeness (QED) is 0.667. The Labute approximate surface area is 157 Å². The molecule has 0 atom stereocenters. The van der Waals surface area contributed by atoms with E-state index in [1.54, 1.807) is 42.6 Å². The summed E-state index contributed by atoms with van der Waals surface area (Å²) in [5, 5.41) is 5.93. The average molecular weight is 361 g/mol. The van der Waals surface area contributed by atoms with Crippen LogP contribution in [0.1, 0.15) is 26.3 Å². The van der Waals surface area contributed by atoms with Crippen LogP contribution < -0.4 is 10.6 Å². The molecule has 0 aliphatic heterocycles. The number of amides is 1. The first-order chi connectivity index (χ1) is 13.0. The van der Waals surface area contributed by atoms with Crippen molar-refractivity contribution in [3.63, 3.8) is 0 Å². The minimum absolute atomic E-state index is 0.210. The van der Waals surface area contributed by atoms with Gasteiger partial charge in [-0.3, -0.25) is 4.79 Å². The maximum Gasteiger partial charge on any atom is 0.337 e. The van der Waals surface area contributed by atoms with Gasteiger partial charge in [0.2, 0.25) is 0 Å². The molecule has 6 heteroatoms. The number of methoxy groups -OCH3 is 1. The second-order valence-corrected chi connectivity index (χ2v) is 5.95. The number of benzene rings is 2. The number of nitrogens with zero attached hydrogens (tertiary/aromatic N) is 1. The number of hydrogen-bond acceptors (Lipinski definition) is 5. The third-order valence-corrected chi connectivity index (χ3v) is 3.86. The van der Waals surface area contributed by atoms with E-state index in [4.69, 9.17) is 4.74 Å². The van der Waals surface area contributed by atoms with E-state index in [1.807, 2.05) is 31.2 Å². The van der Waals surface area contributed by atoms with Gasteiger partial charge in [-0.05, 0) is 49.4 Å². The van der Waals surface area contributed by atoms with Gasteiger partial charge in [0.05, 0.1) is 24.6 Å². The van der Waals surface area contributed by atoms with Gasteiger partial charge in [0.15, 0.2) is 0 Å². The van der Waals surface area contributed by atoms with Crippen molar-refractivity contribution in [3.8, 4) is 0 Å². The Morgan fingerprint density at radius 1 is 0.926 bits per heavy atom. The summed E-state index contributed by atoms with van der Waals surface area (Å²) in [4.78, 5) is 28.1. The molecule has 3 rings (SSSR count). The number of aryl methyl sites for hydroxylation is 1. The van der Waals surface area contributed by atoms with Crippen LogP contribution in [0, 0.1) is 6.92 Å². The van der Waals surface area contributed by atoms with E-state index in [0.29, 0.717) is 16.9 Å². The molecule has 0 radical (unpaired) electrons. The number of rotatable bonds is 5. The number of ether oxygens (including phenoxy) is 1. The zero-order valence-corrected chi connectivity index (χ0v) is 15.0. The molecule has 1 aromatic heterocycles. The first kappa shape index (κ1) is 18.1. The molecular weight excluding hydrogens is 342 g/mol. The Kier molecular flexibility index (Phi) is 5.47. The molecular formula is C21H19N3O3. The molecule has 0 aliphatic rings. The summed E-state index contributed by atoms with van der Waals surface area (Å²) < 4.78 is 4.72. The van der Waals surface area contributed by atoms with E-state index >= 15 is 0 Å². The van der Waals surface area contributed by atoms with E-state index in [-0.39, 0.29) is 5.91 Å². The Bertz CT molecular complexity index is 968. The first-order valence-corrected chi connectivity index (χ1v) is 8.34. The summed E-state index contributed by atoms with van der Waals surface area (Å²) in [6.07, 6.45) is 1.61. The summed E-state index contributed by atoms with van der Waals surface area (Å²) in [7, 11) is 1.34. The lowest BCUT2D eigenvalue weighted by molar-refractivity contribution is 0.0600. The van der Waals surface area contributed by atoms with E-state index in [0.717, 1.165) is 16.9 Å². The number of anilines is 3. The SMILES string of the molecule is COC(=O)c1cccc(Nc2ccc(NC(=O)c3cccc(C)c3)nc2)c1. The number of nitrogens with one attached hydrogen (secondary N) is 2. The molecule has 2 aromatic carbocycles. The smallest absolute Gasteiger partial charge is 0.337 e. The molecule has 0 unspecified atom stereocenters. The first-order valence-electron chi connectivity index (χ1n) is 8.34. The van der Waals surface area contributed by atoms with E-state index < -0.39 is 5.97 Å². The highest BCUT2D eigenvalue weighted by Crippen LogP contribution is 2.19. The van der Waals surface area contributed by atoms with Crippen molar-refractivity contribution in [2.75, 3.05) is 17.7 Å². The Morgan fingerprint density at radius 3 is 2.41 bits per heavy atom. The van der Waals surface area contributed by atoms with Crippen LogP contribution >= 0.6 is 0 Å². The fourth-order valence-corrected chi connectivity index (χ4v) is 2.52. The molecule has 0 saturated heterocycles. The lowest BCUT2D eigenvalue weighted by Gasteiger charge is -2.09. The van der Waals surface area contributed by atoms with E-state index in [1.165, 1.54) is 7.11 Å². The predicted octanol–water partition coefficient (Wildman–Crippen LogP) is 4.17. The van der Waals surface area contributed by atoms with Crippen LogP contribution in [0.5, 0.6) is 0 Å². The van der Waals surface area contributed by atoms with Crippen molar-refractivity contribution in [2.45, 2.75) is 6.92 Å². The van der Waals surface area contributed by atoms with Gasteiger partial charge in [-0.2, -0.15) is 0 Å². The maximum atomic E-state index is 12.3. The van der Waals surface area contributed by atoms with Crippen molar-refractivity contribution >= 4 is 29.1 Å². The molecule has 0 bridgehead atoms. The highest BCUT2D eigenvalue weighted by atomic mass is 16.5. The minimum Gasteiger partial charge on any atom is -0.465 e. The average Bonchev–Trinajstić information content (AvgIpc) is 2.69. The monoisotopic (exact) mass is 361 g/mol. The summed E-state index contributed by atoms with van der Waals surface area (Å²) in [6.45, 7) is 1.94. The standard InChI is InChI=1S/C21H19N3O3/c1-14-5-3-6-15(11-14)20(25)24-19-10-9-18(13-22-19)23-17-8-4-7-16(12-17)21(26)27-2/h3-13,23H,1-2H3,(H,22,24,25). The summed E-state index contributed by atoms with van der Waals surface area (Å²) in [5.41, 5.74) is 3.52. The van der Waals surface area contributed by atoms with Gasteiger partial charge < -0.3 is 15.4 Å². The third-order valence-electron chi connectivity index (χ3n) is 3.86. The summed E-state index contributed by atoms with van der Waals surface area (Å²) >= 11 is 0. The van der Waals surface area contributed by atoms with Crippen molar-refractivity contribution in [1.29, 1.82) is 0 Å². The second-order valence-electron chi connectivity index (χ2n) is 5.95. The zero-order chi connectivity index (χ0) is 19.2. The normalized spacial score (nSPS) is 10.1. The lowest BCUT2D eigenvalue weighted by Crippen LogP contribution is -2.13. The number of esters is 1. The van der Waals surface area contributed by atoms with Crippen molar-refractivity contribution in [2.24, 2.45) is 0 Å². The van der Waals surface area contributed by atoms with Crippen molar-refractivity contribution < 1.29 is 14.3 Å². The van der Waals surface area contributed by atoms with Crippen LogP contribution in [0.4, 0.5) is 17.2 Å². The predicted molar refractivity (Wildman–Crippen MR) is 104 cm³/mol. The Morgan fingerprint density at radius 2 is 1.70 bits per heavy atom. The molecule has 0 saturated carbocycles. The molecule has 0 fully saturated rings. The minimum atomic E-state index is -0.397. The zero-order valence-electron chi connectivity index (χ0n) is 15.0. The summed E-state index contributed by atoms with van der Waals surface area (Å²) in [5.74, 6) is -0.154. The lowest BCUT2D eigenvalue weighted by atomic mass is 10.1. The Balaban J connectivity index is 1.67. The molecule has 3 aromatic rings. The number of pyridine rings is 1. The number of hydrogen-bond donors (Lipinski definition) is 2. The fourth-order valence-electron chi connectivity index (χ4n) is 2.52. The van der Waals surface area contributed by atoms with Crippen molar-refractivity contribution in [1.82, 2.24) is 4.98 Å². The van der Waals surface area contributed by atoms with Gasteiger partial charge in [0.1, 0.15) is 5.82 Å². The molecule has 136 valence electrons. The van der Waals surface area contributed by atoms with E-state index in [2.05, 4.69) is 15.6 Å². The topological polar surface area (TPSA) is 80.3 Å². The van der Waals surface area contributed by atoms with E-state index in [9.17, 15) is 9.59 Å². The van der Waals surface area contributed by atoms with Crippen LogP contribution in [0.3, 0.4) is 0 Å². The molecule has 0 spiro atoms. The number of carbonyl (C=O) groups excluding carboxylic acids is 2. The molecule has 0 aliphatic carbocycles. The van der Waals surface area contributed by atoms with Gasteiger partial charge in [0.25, 0.3) is 5.91 Å². The van der Waals surface area contributed by atoms with Crippen LogP contribution in [0.25, 0.3) is 0 Å². The van der Waals surface area contributed by atoms with Gasteiger partial charge in [-0.15, -0.1) is 0 Å². The molecule has 1 amide bonds. The third kappa shape index (κ3) is 4.70. The maximum absolute atomic E-state index is 12.3. The van der Waals surface area contributed by atoms with Crippen LogP contribution in [-0.4, -0.2) is 24.0 Å². The van der Waals surface area contributed by atoms with Crippen LogP contribution in [-0.2, 0) is 4.74 Å². The largest absolute Gasteiger partial charge is 0.465 e. The van der Waals surface area contributed by atoms with Gasteiger partial charge in [0, 0.05) is 11.3 Å². The highest BCUT2D eigenvalue weighted by Gasteiger charge is 2.08. The molecule has 6 nitrogen and oxygen atoms in total. The van der Waals surface area contributed by atoms with Gasteiger partial charge in [-0.25, -0.2) is 9.78 Å². The van der Waals surface area contributed by atoms with Crippen molar-refractivity contribution in [3.05, 3.63) is 83.6 Å². The number of aromatic nitrogens is 1. The number of carbonyl (C=O) groups is 2. The second kappa shape index (κ2) is 8.14. The van der Waals surface area contributed by atoms with Gasteiger partial charge in [-0.1, -0.05) is 23.8 Å². The molecule has 27 heavy (non-hydrogen) atoms. The van der Waals surface area contributed by atoms with Crippen LogP contribution in [0.15, 0.2) is 66.9 Å².